The van der Waals surface area contributed by atoms with Crippen molar-refractivity contribution in [2.45, 2.75) is 69.9 Å². The molecule has 3 aromatic carbocycles. The maximum absolute atomic E-state index is 14.6. The fourth-order valence-corrected chi connectivity index (χ4v) is 7.47. The first kappa shape index (κ1) is 32.1. The van der Waals surface area contributed by atoms with Crippen molar-refractivity contribution in [2.75, 3.05) is 33.3 Å². The molecule has 3 aromatic rings. The molecule has 47 heavy (non-hydrogen) atoms. The molecule has 0 aromatic heterocycles. The summed E-state index contributed by atoms with van der Waals surface area (Å²) in [5.41, 5.74) is 6.41. The lowest BCUT2D eigenvalue weighted by Crippen LogP contribution is -2.60. The average Bonchev–Trinajstić information content (AvgIpc) is 3.83. The predicted octanol–water partition coefficient (Wildman–Crippen LogP) is 5.87. The standard InChI is InChI=1S/C37H41ClF2N4O3/c1-22-25(4-3-5-33(22)46-2)20-44(27-10-11-27)37(45)34-29(16-26-17-41-18-32(34)42-26)24-8-6-23(7-9-24)19-43-15-14-28(21-43)47-36-31(40)13-12-30(39)35(36)38/h3-9,12-13,26-28,32,41-42H,10-11,14-21H2,1-2H3/t26-,28-,32-/m0/s1. The van der Waals surface area contributed by atoms with Crippen molar-refractivity contribution in [2.24, 2.45) is 0 Å². The number of hydrogen-bond acceptors (Lipinski definition) is 6. The van der Waals surface area contributed by atoms with E-state index in [1.807, 2.05) is 12.1 Å². The van der Waals surface area contributed by atoms with Crippen LogP contribution in [-0.4, -0.2) is 73.2 Å². The molecule has 3 aliphatic heterocycles. The van der Waals surface area contributed by atoms with Gasteiger partial charge in [0.05, 0.1) is 13.2 Å². The zero-order valence-electron chi connectivity index (χ0n) is 26.8. The Morgan fingerprint density at radius 3 is 2.60 bits per heavy atom. The van der Waals surface area contributed by atoms with Crippen LogP contribution >= 0.6 is 11.6 Å². The molecule has 2 bridgehead atoms. The summed E-state index contributed by atoms with van der Waals surface area (Å²) >= 11 is 5.98. The SMILES string of the molecule is COc1cccc(CN(C(=O)C2=C(c3ccc(CN4CC[C@H](Oc5c(F)ccc(F)c5Cl)C4)cc3)C[C@H]3CNC[C@@H]2N3)C2CC2)c1C. The van der Waals surface area contributed by atoms with Gasteiger partial charge in [-0.15, -0.1) is 0 Å². The second-order valence-corrected chi connectivity index (χ2v) is 13.6. The number of likely N-dealkylation sites (tertiary alicyclic amines) is 1. The first-order chi connectivity index (χ1) is 22.8. The first-order valence-electron chi connectivity index (χ1n) is 16.5. The number of hydrogen-bond donors (Lipinski definition) is 2. The van der Waals surface area contributed by atoms with Gasteiger partial charge in [-0.1, -0.05) is 48.0 Å². The van der Waals surface area contributed by atoms with Crippen LogP contribution in [0.4, 0.5) is 8.78 Å². The lowest BCUT2D eigenvalue weighted by atomic mass is 9.83. The third-order valence-corrected chi connectivity index (χ3v) is 10.3. The number of rotatable bonds is 10. The van der Waals surface area contributed by atoms with Gasteiger partial charge in [0.2, 0.25) is 0 Å². The molecule has 2 saturated heterocycles. The number of halogens is 3. The van der Waals surface area contributed by atoms with Gasteiger partial charge in [-0.2, -0.15) is 0 Å². The van der Waals surface area contributed by atoms with Crippen molar-refractivity contribution in [1.29, 1.82) is 0 Å². The van der Waals surface area contributed by atoms with Gasteiger partial charge in [0.1, 0.15) is 22.7 Å². The second-order valence-electron chi connectivity index (χ2n) is 13.2. The normalized spacial score (nSPS) is 22.8. The van der Waals surface area contributed by atoms with Crippen LogP contribution in [-0.2, 0) is 17.9 Å². The van der Waals surface area contributed by atoms with Gasteiger partial charge in [0.15, 0.2) is 11.6 Å². The summed E-state index contributed by atoms with van der Waals surface area (Å²) in [6, 6.07) is 17.1. The molecule has 1 amide bonds. The molecular formula is C37H41ClF2N4O3. The van der Waals surface area contributed by atoms with Crippen molar-refractivity contribution in [3.05, 3.63) is 99.1 Å². The van der Waals surface area contributed by atoms with E-state index in [1.165, 1.54) is 0 Å². The number of ether oxygens (including phenoxy) is 2. The van der Waals surface area contributed by atoms with Crippen molar-refractivity contribution < 1.29 is 23.0 Å². The smallest absolute Gasteiger partial charge is 0.252 e. The maximum Gasteiger partial charge on any atom is 0.252 e. The lowest BCUT2D eigenvalue weighted by molar-refractivity contribution is -0.128. The highest BCUT2D eigenvalue weighted by molar-refractivity contribution is 6.32. The third-order valence-electron chi connectivity index (χ3n) is 9.96. The van der Waals surface area contributed by atoms with Crippen LogP contribution in [0, 0.1) is 18.6 Å². The van der Waals surface area contributed by atoms with Crippen LogP contribution in [0.5, 0.6) is 11.5 Å². The number of nitrogens with one attached hydrogen (secondary N) is 2. The summed E-state index contributed by atoms with van der Waals surface area (Å²) < 4.78 is 39.5. The Hall–Kier alpha value is -3.50. The number of amides is 1. The molecule has 248 valence electrons. The van der Waals surface area contributed by atoms with Gasteiger partial charge < -0.3 is 25.0 Å². The van der Waals surface area contributed by atoms with Crippen molar-refractivity contribution in [3.8, 4) is 11.5 Å². The zero-order valence-corrected chi connectivity index (χ0v) is 27.6. The number of fused-ring (bicyclic) bond motifs is 2. The van der Waals surface area contributed by atoms with Gasteiger partial charge in [0.25, 0.3) is 5.91 Å². The Labute approximate surface area is 279 Å². The van der Waals surface area contributed by atoms with Gasteiger partial charge in [0, 0.05) is 56.9 Å². The van der Waals surface area contributed by atoms with E-state index in [-0.39, 0.29) is 40.9 Å². The Morgan fingerprint density at radius 1 is 1.04 bits per heavy atom. The van der Waals surface area contributed by atoms with Crippen LogP contribution in [0.1, 0.15) is 47.9 Å². The van der Waals surface area contributed by atoms with E-state index >= 15 is 0 Å². The Balaban J connectivity index is 1.09. The highest BCUT2D eigenvalue weighted by atomic mass is 35.5. The number of carbonyl (C=O) groups excluding carboxylic acids is 1. The third kappa shape index (κ3) is 6.77. The van der Waals surface area contributed by atoms with Crippen molar-refractivity contribution in [1.82, 2.24) is 20.4 Å². The predicted molar refractivity (Wildman–Crippen MR) is 179 cm³/mol. The zero-order chi connectivity index (χ0) is 32.7. The lowest BCUT2D eigenvalue weighted by Gasteiger charge is -2.41. The molecule has 0 unspecified atom stereocenters. The number of piperazine rings is 1. The van der Waals surface area contributed by atoms with Gasteiger partial charge in [-0.05, 0) is 78.6 Å². The van der Waals surface area contributed by atoms with E-state index in [1.54, 1.807) is 7.11 Å². The minimum absolute atomic E-state index is 0.0460. The molecule has 0 radical (unpaired) electrons. The number of methoxy groups -OCH3 is 1. The molecular weight excluding hydrogens is 622 g/mol. The van der Waals surface area contributed by atoms with Gasteiger partial charge in [-0.25, -0.2) is 8.78 Å². The topological polar surface area (TPSA) is 66.1 Å². The molecule has 3 atom stereocenters. The van der Waals surface area contributed by atoms with Crippen LogP contribution in [0.25, 0.3) is 5.57 Å². The summed E-state index contributed by atoms with van der Waals surface area (Å²) in [4.78, 5) is 18.9. The van der Waals surface area contributed by atoms with E-state index in [0.717, 1.165) is 90.2 Å². The van der Waals surface area contributed by atoms with Crippen LogP contribution in [0.3, 0.4) is 0 Å². The minimum Gasteiger partial charge on any atom is -0.496 e. The summed E-state index contributed by atoms with van der Waals surface area (Å²) in [6.45, 7) is 6.28. The molecule has 7 nitrogen and oxygen atoms in total. The van der Waals surface area contributed by atoms with Gasteiger partial charge in [-0.3, -0.25) is 9.69 Å². The average molecular weight is 663 g/mol. The van der Waals surface area contributed by atoms with E-state index in [4.69, 9.17) is 21.1 Å². The van der Waals surface area contributed by atoms with E-state index in [0.29, 0.717) is 26.1 Å². The summed E-state index contributed by atoms with van der Waals surface area (Å²) in [5, 5.41) is 6.94. The maximum atomic E-state index is 14.6. The number of nitrogens with zero attached hydrogens (tertiary/aromatic N) is 2. The van der Waals surface area contributed by atoms with Crippen LogP contribution < -0.4 is 20.1 Å². The van der Waals surface area contributed by atoms with E-state index in [9.17, 15) is 13.6 Å². The number of benzene rings is 3. The Morgan fingerprint density at radius 2 is 1.83 bits per heavy atom. The molecule has 4 aliphatic rings. The molecule has 0 spiro atoms. The Bertz CT molecular complexity index is 1680. The molecule has 1 saturated carbocycles. The number of carbonyl (C=O) groups is 1. The van der Waals surface area contributed by atoms with Crippen molar-refractivity contribution in [3.63, 3.8) is 0 Å². The van der Waals surface area contributed by atoms with Crippen molar-refractivity contribution >= 4 is 23.1 Å². The molecule has 10 heteroatoms. The molecule has 3 fully saturated rings. The summed E-state index contributed by atoms with van der Waals surface area (Å²) in [7, 11) is 1.68. The summed E-state index contributed by atoms with van der Waals surface area (Å²) in [6.07, 6.45) is 3.25. The first-order valence-corrected chi connectivity index (χ1v) is 16.9. The van der Waals surface area contributed by atoms with E-state index in [2.05, 4.69) is 57.7 Å². The van der Waals surface area contributed by atoms with Crippen LogP contribution in [0.15, 0.2) is 60.2 Å². The van der Waals surface area contributed by atoms with Gasteiger partial charge >= 0.3 is 0 Å². The second kappa shape index (κ2) is 13.5. The fourth-order valence-electron chi connectivity index (χ4n) is 7.27. The molecule has 3 heterocycles. The molecule has 7 rings (SSSR count). The fraction of sp³-hybridized carbons (Fsp3) is 0.432. The summed E-state index contributed by atoms with van der Waals surface area (Å²) in [5.74, 6) is -0.621. The quantitative estimate of drug-likeness (QED) is 0.265. The van der Waals surface area contributed by atoms with E-state index < -0.39 is 11.6 Å². The highest BCUT2D eigenvalue weighted by Gasteiger charge is 2.41. The highest BCUT2D eigenvalue weighted by Crippen LogP contribution is 2.37. The Kier molecular flexibility index (Phi) is 9.24. The molecule has 1 aliphatic carbocycles. The molecule has 2 N–H and O–H groups in total. The van der Waals surface area contributed by atoms with Crippen LogP contribution in [0.2, 0.25) is 5.02 Å². The monoisotopic (exact) mass is 662 g/mol. The largest absolute Gasteiger partial charge is 0.496 e. The minimum atomic E-state index is -0.696.